The number of benzene rings is 1. The summed E-state index contributed by atoms with van der Waals surface area (Å²) in [6.07, 6.45) is 1.08. The van der Waals surface area contributed by atoms with Gasteiger partial charge in [-0.25, -0.2) is 13.2 Å². The van der Waals surface area contributed by atoms with Gasteiger partial charge in [0.05, 0.1) is 5.56 Å². The molecule has 144 valence electrons. The van der Waals surface area contributed by atoms with Crippen LogP contribution in [0.4, 0.5) is 5.69 Å². The molecule has 1 saturated heterocycles. The first kappa shape index (κ1) is 19.4. The Bertz CT molecular complexity index is 902. The molecule has 0 aliphatic carbocycles. The number of carbonyl (C=O) groups is 2. The number of hydrogen-bond donors (Lipinski definition) is 1. The smallest absolute Gasteiger partial charge is 0.338 e. The molecule has 2 aromatic rings. The predicted molar refractivity (Wildman–Crippen MR) is 102 cm³/mol. The van der Waals surface area contributed by atoms with E-state index in [-0.39, 0.29) is 15.7 Å². The van der Waals surface area contributed by atoms with Gasteiger partial charge in [-0.3, -0.25) is 9.52 Å². The molecule has 0 saturated carbocycles. The van der Waals surface area contributed by atoms with Crippen LogP contribution >= 0.6 is 11.3 Å². The van der Waals surface area contributed by atoms with Crippen molar-refractivity contribution in [3.05, 3.63) is 47.3 Å². The maximum Gasteiger partial charge on any atom is 0.338 e. The average Bonchev–Trinajstić information content (AvgIpc) is 3.35. The Balaban J connectivity index is 1.61. The predicted octanol–water partition coefficient (Wildman–Crippen LogP) is 2.72. The molecule has 0 unspecified atom stereocenters. The third-order valence-electron chi connectivity index (χ3n) is 4.18. The van der Waals surface area contributed by atoms with E-state index in [9.17, 15) is 18.0 Å². The summed E-state index contributed by atoms with van der Waals surface area (Å²) in [5, 5.41) is 1.68. The second kappa shape index (κ2) is 8.10. The molecule has 7 nitrogen and oxygen atoms in total. The molecule has 1 fully saturated rings. The molecule has 1 aromatic heterocycles. The molecule has 1 aliphatic rings. The van der Waals surface area contributed by atoms with Crippen LogP contribution in [0, 0.1) is 0 Å². The highest BCUT2D eigenvalue weighted by Crippen LogP contribution is 2.21. The lowest BCUT2D eigenvalue weighted by atomic mass is 10.2. The first-order valence-corrected chi connectivity index (χ1v) is 10.9. The number of nitrogens with zero attached hydrogens (tertiary/aromatic N) is 1. The van der Waals surface area contributed by atoms with Gasteiger partial charge in [0.15, 0.2) is 6.10 Å². The van der Waals surface area contributed by atoms with Crippen LogP contribution in [0.5, 0.6) is 0 Å². The molecular formula is C18H20N2O5S2. The van der Waals surface area contributed by atoms with Crippen molar-refractivity contribution >= 4 is 38.9 Å². The Labute approximate surface area is 162 Å². The fourth-order valence-corrected chi connectivity index (χ4v) is 4.82. The summed E-state index contributed by atoms with van der Waals surface area (Å²) < 4.78 is 32.3. The number of ether oxygens (including phenoxy) is 1. The second-order valence-electron chi connectivity index (χ2n) is 6.19. The monoisotopic (exact) mass is 408 g/mol. The zero-order valence-corrected chi connectivity index (χ0v) is 16.4. The van der Waals surface area contributed by atoms with Gasteiger partial charge < -0.3 is 9.64 Å². The fraction of sp³-hybridized carbons (Fsp3) is 0.333. The van der Waals surface area contributed by atoms with Gasteiger partial charge in [0.2, 0.25) is 0 Å². The SMILES string of the molecule is C[C@@H](OC(=O)c1ccc(NS(=O)(=O)c2cccs2)cc1)C(=O)N1CCCC1. The Morgan fingerprint density at radius 1 is 1.15 bits per heavy atom. The van der Waals surface area contributed by atoms with Crippen molar-refractivity contribution in [1.29, 1.82) is 0 Å². The van der Waals surface area contributed by atoms with Crippen LogP contribution in [-0.2, 0) is 19.6 Å². The van der Waals surface area contributed by atoms with Crippen molar-refractivity contribution in [2.75, 3.05) is 17.8 Å². The molecule has 0 bridgehead atoms. The second-order valence-corrected chi connectivity index (χ2v) is 9.05. The van der Waals surface area contributed by atoms with Gasteiger partial charge in [0.25, 0.3) is 15.9 Å². The van der Waals surface area contributed by atoms with Crippen LogP contribution < -0.4 is 4.72 Å². The molecule has 1 aliphatic heterocycles. The number of nitrogens with one attached hydrogen (secondary N) is 1. The number of hydrogen-bond acceptors (Lipinski definition) is 6. The molecule has 27 heavy (non-hydrogen) atoms. The lowest BCUT2D eigenvalue weighted by Crippen LogP contribution is -2.38. The van der Waals surface area contributed by atoms with Crippen LogP contribution in [0.3, 0.4) is 0 Å². The van der Waals surface area contributed by atoms with Crippen molar-refractivity contribution < 1.29 is 22.7 Å². The summed E-state index contributed by atoms with van der Waals surface area (Å²) in [5.74, 6) is -0.816. The molecular weight excluding hydrogens is 388 g/mol. The van der Waals surface area contributed by atoms with E-state index in [2.05, 4.69) is 4.72 Å². The van der Waals surface area contributed by atoms with Gasteiger partial charge in [-0.05, 0) is 55.5 Å². The summed E-state index contributed by atoms with van der Waals surface area (Å²) in [5.41, 5.74) is 0.580. The van der Waals surface area contributed by atoms with E-state index in [4.69, 9.17) is 4.74 Å². The number of amides is 1. The highest BCUT2D eigenvalue weighted by molar-refractivity contribution is 7.94. The van der Waals surface area contributed by atoms with Crippen LogP contribution in [0.25, 0.3) is 0 Å². The van der Waals surface area contributed by atoms with Gasteiger partial charge in [-0.1, -0.05) is 6.07 Å². The number of esters is 1. The molecule has 1 atom stereocenters. The first-order valence-electron chi connectivity index (χ1n) is 8.53. The summed E-state index contributed by atoms with van der Waals surface area (Å²) in [6, 6.07) is 9.05. The number of likely N-dealkylation sites (tertiary alicyclic amines) is 1. The molecule has 0 spiro atoms. The summed E-state index contributed by atoms with van der Waals surface area (Å²) >= 11 is 1.12. The van der Waals surface area contributed by atoms with E-state index in [1.165, 1.54) is 30.3 Å². The zero-order valence-electron chi connectivity index (χ0n) is 14.8. The Morgan fingerprint density at radius 2 is 1.81 bits per heavy atom. The molecule has 1 aromatic carbocycles. The summed E-state index contributed by atoms with van der Waals surface area (Å²) in [4.78, 5) is 26.1. The number of thiophene rings is 1. The van der Waals surface area contributed by atoms with Crippen LogP contribution in [-0.4, -0.2) is 44.4 Å². The van der Waals surface area contributed by atoms with Crippen LogP contribution in [0.1, 0.15) is 30.1 Å². The Kier molecular flexibility index (Phi) is 5.81. The summed E-state index contributed by atoms with van der Waals surface area (Å²) in [6.45, 7) is 2.95. The van der Waals surface area contributed by atoms with E-state index in [1.54, 1.807) is 23.3 Å². The van der Waals surface area contributed by atoms with Gasteiger partial charge in [0.1, 0.15) is 4.21 Å². The average molecular weight is 409 g/mol. The van der Waals surface area contributed by atoms with Crippen molar-refractivity contribution in [2.24, 2.45) is 0 Å². The van der Waals surface area contributed by atoms with E-state index in [1.807, 2.05) is 0 Å². The van der Waals surface area contributed by atoms with Crippen molar-refractivity contribution in [3.63, 3.8) is 0 Å². The molecule has 1 N–H and O–H groups in total. The van der Waals surface area contributed by atoms with Gasteiger partial charge >= 0.3 is 5.97 Å². The maximum absolute atomic E-state index is 12.2. The lowest BCUT2D eigenvalue weighted by Gasteiger charge is -2.20. The van der Waals surface area contributed by atoms with E-state index in [0.717, 1.165) is 24.2 Å². The van der Waals surface area contributed by atoms with Gasteiger partial charge in [-0.2, -0.15) is 0 Å². The standard InChI is InChI=1S/C18H20N2O5S2/c1-13(17(21)20-10-2-3-11-20)25-18(22)14-6-8-15(9-7-14)19-27(23,24)16-5-4-12-26-16/h4-9,12-13,19H,2-3,10-11H2,1H3/t13-/m1/s1. The third-order valence-corrected chi connectivity index (χ3v) is 6.96. The third kappa shape index (κ3) is 4.67. The molecule has 3 rings (SSSR count). The normalized spacial score (nSPS) is 15.4. The Morgan fingerprint density at radius 3 is 2.41 bits per heavy atom. The van der Waals surface area contributed by atoms with E-state index >= 15 is 0 Å². The minimum Gasteiger partial charge on any atom is -0.449 e. The number of anilines is 1. The zero-order chi connectivity index (χ0) is 19.4. The molecule has 9 heteroatoms. The molecule has 1 amide bonds. The fourth-order valence-electron chi connectivity index (χ4n) is 2.77. The molecule has 0 radical (unpaired) electrons. The number of rotatable bonds is 6. The number of sulfonamides is 1. The lowest BCUT2D eigenvalue weighted by molar-refractivity contribution is -0.138. The highest BCUT2D eigenvalue weighted by atomic mass is 32.2. The van der Waals surface area contributed by atoms with E-state index < -0.39 is 22.1 Å². The van der Waals surface area contributed by atoms with Crippen molar-refractivity contribution in [1.82, 2.24) is 4.90 Å². The minimum atomic E-state index is -3.64. The van der Waals surface area contributed by atoms with E-state index in [0.29, 0.717) is 18.8 Å². The largest absolute Gasteiger partial charge is 0.449 e. The minimum absolute atomic E-state index is 0.193. The molecule has 2 heterocycles. The maximum atomic E-state index is 12.2. The quantitative estimate of drug-likeness (QED) is 0.742. The van der Waals surface area contributed by atoms with Crippen LogP contribution in [0.2, 0.25) is 0 Å². The summed E-state index contributed by atoms with van der Waals surface area (Å²) in [7, 11) is -3.64. The first-order chi connectivity index (χ1) is 12.9. The van der Waals surface area contributed by atoms with Crippen molar-refractivity contribution in [3.8, 4) is 0 Å². The van der Waals surface area contributed by atoms with Crippen molar-refractivity contribution in [2.45, 2.75) is 30.1 Å². The van der Waals surface area contributed by atoms with Gasteiger partial charge in [0, 0.05) is 18.8 Å². The van der Waals surface area contributed by atoms with Gasteiger partial charge in [-0.15, -0.1) is 11.3 Å². The topological polar surface area (TPSA) is 92.8 Å². The Hall–Kier alpha value is -2.39. The number of carbonyl (C=O) groups excluding carboxylic acids is 2. The van der Waals surface area contributed by atoms with Crippen LogP contribution in [0.15, 0.2) is 46.0 Å². The highest BCUT2D eigenvalue weighted by Gasteiger charge is 2.26.